The maximum absolute atomic E-state index is 5.87. The van der Waals surface area contributed by atoms with Gasteiger partial charge >= 0.3 is 0 Å². The van der Waals surface area contributed by atoms with E-state index in [1.54, 1.807) is 0 Å². The highest BCUT2D eigenvalue weighted by Crippen LogP contribution is 2.22. The Morgan fingerprint density at radius 3 is 2.86 bits per heavy atom. The number of benzene rings is 1. The molecule has 2 aromatic rings. The Kier molecular flexibility index (Phi) is 2.89. The minimum atomic E-state index is 0.667. The summed E-state index contributed by atoms with van der Waals surface area (Å²) < 4.78 is 5.07. The number of hydrogen-bond donors (Lipinski definition) is 0. The molecule has 0 saturated carbocycles. The molecule has 14 heavy (non-hydrogen) atoms. The van der Waals surface area contributed by atoms with Crippen molar-refractivity contribution in [1.82, 2.24) is 5.16 Å². The highest BCUT2D eigenvalue weighted by molar-refractivity contribution is 9.08. The molecule has 2 nitrogen and oxygen atoms in total. The van der Waals surface area contributed by atoms with Gasteiger partial charge in [0.15, 0.2) is 0 Å². The molecule has 0 aliphatic carbocycles. The second-order valence-electron chi connectivity index (χ2n) is 2.82. The standard InChI is InChI=1S/C10H7BrClNO/c11-6-9-5-10(13-14-9)7-2-1-3-8(12)4-7/h1-5H,6H2. The molecule has 0 saturated heterocycles. The van der Waals surface area contributed by atoms with E-state index in [1.165, 1.54) is 0 Å². The summed E-state index contributed by atoms with van der Waals surface area (Å²) in [5.74, 6) is 0.806. The van der Waals surface area contributed by atoms with Crippen molar-refractivity contribution in [2.24, 2.45) is 0 Å². The zero-order chi connectivity index (χ0) is 9.97. The molecule has 0 amide bonds. The van der Waals surface area contributed by atoms with Crippen LogP contribution in [-0.4, -0.2) is 5.16 Å². The van der Waals surface area contributed by atoms with Crippen LogP contribution in [0.5, 0.6) is 0 Å². The summed E-state index contributed by atoms with van der Waals surface area (Å²) in [6.07, 6.45) is 0. The Hall–Kier alpha value is -0.800. The van der Waals surface area contributed by atoms with Crippen molar-refractivity contribution in [3.05, 3.63) is 41.1 Å². The van der Waals surface area contributed by atoms with Crippen molar-refractivity contribution in [2.75, 3.05) is 0 Å². The van der Waals surface area contributed by atoms with Crippen molar-refractivity contribution in [3.8, 4) is 11.3 Å². The van der Waals surface area contributed by atoms with Crippen molar-refractivity contribution in [3.63, 3.8) is 0 Å². The largest absolute Gasteiger partial charge is 0.360 e. The molecule has 1 aromatic heterocycles. The number of aromatic nitrogens is 1. The third-order valence-electron chi connectivity index (χ3n) is 1.81. The molecular formula is C10H7BrClNO. The molecule has 0 spiro atoms. The molecule has 0 atom stereocenters. The first-order valence-electron chi connectivity index (χ1n) is 4.07. The number of hydrogen-bond acceptors (Lipinski definition) is 2. The molecule has 0 aliphatic rings. The lowest BCUT2D eigenvalue weighted by Gasteiger charge is -1.94. The van der Waals surface area contributed by atoms with Gasteiger partial charge in [0.1, 0.15) is 11.5 Å². The van der Waals surface area contributed by atoms with E-state index in [-0.39, 0.29) is 0 Å². The lowest BCUT2D eigenvalue weighted by Crippen LogP contribution is -1.75. The number of alkyl halides is 1. The number of rotatable bonds is 2. The van der Waals surface area contributed by atoms with Crippen LogP contribution in [0.3, 0.4) is 0 Å². The first-order valence-corrected chi connectivity index (χ1v) is 5.57. The lowest BCUT2D eigenvalue weighted by atomic mass is 10.1. The predicted molar refractivity (Wildman–Crippen MR) is 59.6 cm³/mol. The van der Waals surface area contributed by atoms with Gasteiger partial charge in [-0.05, 0) is 12.1 Å². The second-order valence-corrected chi connectivity index (χ2v) is 3.82. The molecule has 0 fully saturated rings. The first-order chi connectivity index (χ1) is 6.79. The maximum atomic E-state index is 5.87. The normalized spacial score (nSPS) is 10.4. The predicted octanol–water partition coefficient (Wildman–Crippen LogP) is 3.89. The SMILES string of the molecule is Clc1cccc(-c2cc(CBr)on2)c1. The fraction of sp³-hybridized carbons (Fsp3) is 0.100. The van der Waals surface area contributed by atoms with Gasteiger partial charge in [-0.25, -0.2) is 0 Å². The molecule has 2 rings (SSSR count). The highest BCUT2D eigenvalue weighted by Gasteiger charge is 2.05. The molecular weight excluding hydrogens is 265 g/mol. The Morgan fingerprint density at radius 1 is 1.36 bits per heavy atom. The van der Waals surface area contributed by atoms with E-state index in [9.17, 15) is 0 Å². The van der Waals surface area contributed by atoms with Crippen molar-refractivity contribution in [1.29, 1.82) is 0 Å². The summed E-state index contributed by atoms with van der Waals surface area (Å²) in [4.78, 5) is 0. The van der Waals surface area contributed by atoms with Crippen molar-refractivity contribution < 1.29 is 4.52 Å². The van der Waals surface area contributed by atoms with E-state index in [4.69, 9.17) is 16.1 Å². The molecule has 0 radical (unpaired) electrons. The van der Waals surface area contributed by atoms with Crippen LogP contribution in [0, 0.1) is 0 Å². The zero-order valence-corrected chi connectivity index (χ0v) is 9.55. The minimum Gasteiger partial charge on any atom is -0.360 e. The topological polar surface area (TPSA) is 26.0 Å². The van der Waals surface area contributed by atoms with Crippen LogP contribution >= 0.6 is 27.5 Å². The van der Waals surface area contributed by atoms with Crippen LogP contribution in [-0.2, 0) is 5.33 Å². The summed E-state index contributed by atoms with van der Waals surface area (Å²) in [7, 11) is 0. The summed E-state index contributed by atoms with van der Waals surface area (Å²) >= 11 is 9.17. The van der Waals surface area contributed by atoms with Gasteiger partial charge in [-0.1, -0.05) is 44.8 Å². The molecule has 4 heteroatoms. The Bertz CT molecular complexity index is 441. The van der Waals surface area contributed by atoms with Crippen LogP contribution in [0.2, 0.25) is 5.02 Å². The molecule has 1 aromatic carbocycles. The fourth-order valence-electron chi connectivity index (χ4n) is 1.16. The van der Waals surface area contributed by atoms with E-state index in [1.807, 2.05) is 30.3 Å². The number of nitrogens with zero attached hydrogens (tertiary/aromatic N) is 1. The fourth-order valence-corrected chi connectivity index (χ4v) is 1.61. The van der Waals surface area contributed by atoms with E-state index in [2.05, 4.69) is 21.1 Å². The van der Waals surface area contributed by atoms with Crippen molar-refractivity contribution >= 4 is 27.5 Å². The smallest absolute Gasteiger partial charge is 0.147 e. The molecule has 0 N–H and O–H groups in total. The summed E-state index contributed by atoms with van der Waals surface area (Å²) in [6, 6.07) is 9.41. The van der Waals surface area contributed by atoms with Gasteiger partial charge in [-0.3, -0.25) is 0 Å². The Labute approximate surface area is 95.0 Å². The van der Waals surface area contributed by atoms with Crippen LogP contribution in [0.1, 0.15) is 5.76 Å². The Balaban J connectivity index is 2.39. The van der Waals surface area contributed by atoms with Gasteiger partial charge in [0.2, 0.25) is 0 Å². The minimum absolute atomic E-state index is 0.667. The van der Waals surface area contributed by atoms with E-state index in [0.29, 0.717) is 10.4 Å². The summed E-state index contributed by atoms with van der Waals surface area (Å²) in [5, 5.41) is 5.30. The second kappa shape index (κ2) is 4.15. The molecule has 1 heterocycles. The van der Waals surface area contributed by atoms with Gasteiger partial charge in [-0.15, -0.1) is 0 Å². The van der Waals surface area contributed by atoms with Gasteiger partial charge < -0.3 is 4.52 Å². The Morgan fingerprint density at radius 2 is 2.21 bits per heavy atom. The zero-order valence-electron chi connectivity index (χ0n) is 7.21. The highest BCUT2D eigenvalue weighted by atomic mass is 79.9. The van der Waals surface area contributed by atoms with Crippen LogP contribution in [0.4, 0.5) is 0 Å². The first kappa shape index (κ1) is 9.74. The van der Waals surface area contributed by atoms with E-state index < -0.39 is 0 Å². The molecule has 0 bridgehead atoms. The molecule has 0 aliphatic heterocycles. The third-order valence-corrected chi connectivity index (χ3v) is 2.60. The summed E-state index contributed by atoms with van der Waals surface area (Å²) in [6.45, 7) is 0. The van der Waals surface area contributed by atoms with Gasteiger partial charge in [0.25, 0.3) is 0 Å². The lowest BCUT2D eigenvalue weighted by molar-refractivity contribution is 0.398. The van der Waals surface area contributed by atoms with Gasteiger partial charge in [0, 0.05) is 16.7 Å². The number of halogens is 2. The average molecular weight is 273 g/mol. The van der Waals surface area contributed by atoms with Gasteiger partial charge in [0.05, 0.1) is 5.33 Å². The van der Waals surface area contributed by atoms with Crippen LogP contribution < -0.4 is 0 Å². The molecule has 0 unspecified atom stereocenters. The van der Waals surface area contributed by atoms with E-state index >= 15 is 0 Å². The average Bonchev–Trinajstić information content (AvgIpc) is 2.66. The molecule has 72 valence electrons. The van der Waals surface area contributed by atoms with Crippen LogP contribution in [0.15, 0.2) is 34.9 Å². The van der Waals surface area contributed by atoms with Crippen molar-refractivity contribution in [2.45, 2.75) is 5.33 Å². The van der Waals surface area contributed by atoms with E-state index in [0.717, 1.165) is 17.0 Å². The third kappa shape index (κ3) is 1.99. The monoisotopic (exact) mass is 271 g/mol. The summed E-state index contributed by atoms with van der Waals surface area (Å²) in [5.41, 5.74) is 1.77. The van der Waals surface area contributed by atoms with Gasteiger partial charge in [-0.2, -0.15) is 0 Å². The quantitative estimate of drug-likeness (QED) is 0.775. The maximum Gasteiger partial charge on any atom is 0.147 e. The van der Waals surface area contributed by atoms with Crippen LogP contribution in [0.25, 0.3) is 11.3 Å².